The highest BCUT2D eigenvalue weighted by molar-refractivity contribution is 5.65. The second-order valence-corrected chi connectivity index (χ2v) is 6.00. The van der Waals surface area contributed by atoms with Crippen molar-refractivity contribution in [1.82, 2.24) is 9.97 Å². The summed E-state index contributed by atoms with van der Waals surface area (Å²) in [5.41, 5.74) is 1.89. The number of ether oxygens (including phenoxy) is 2. The minimum atomic E-state index is -0.240. The third kappa shape index (κ3) is 4.22. The number of nitrogens with one attached hydrogen (secondary N) is 2. The van der Waals surface area contributed by atoms with Gasteiger partial charge in [0.15, 0.2) is 0 Å². The number of para-hydroxylation sites is 2. The van der Waals surface area contributed by atoms with Crippen LogP contribution in [-0.2, 0) is 0 Å². The molecule has 0 saturated heterocycles. The molecule has 0 aliphatic rings. The Hall–Kier alpha value is -3.28. The molecule has 0 unspecified atom stereocenters. The van der Waals surface area contributed by atoms with Gasteiger partial charge in [0.25, 0.3) is 5.56 Å². The molecule has 26 heavy (non-hydrogen) atoms. The molecule has 6 nitrogen and oxygen atoms in total. The van der Waals surface area contributed by atoms with E-state index in [0.717, 1.165) is 17.0 Å². The third-order valence-electron chi connectivity index (χ3n) is 3.63. The van der Waals surface area contributed by atoms with Crippen molar-refractivity contribution in [2.45, 2.75) is 20.0 Å². The summed E-state index contributed by atoms with van der Waals surface area (Å²) in [5.74, 6) is 1.79. The van der Waals surface area contributed by atoms with Gasteiger partial charge in [-0.2, -0.15) is 0 Å². The fourth-order valence-electron chi connectivity index (χ4n) is 2.48. The number of aromatic nitrogens is 2. The average Bonchev–Trinajstić information content (AvgIpc) is 2.62. The van der Waals surface area contributed by atoms with E-state index in [1.54, 1.807) is 7.11 Å². The second-order valence-electron chi connectivity index (χ2n) is 6.00. The van der Waals surface area contributed by atoms with Crippen molar-refractivity contribution >= 4 is 11.6 Å². The highest BCUT2D eigenvalue weighted by Crippen LogP contribution is 2.27. The van der Waals surface area contributed by atoms with Crippen LogP contribution in [0.3, 0.4) is 0 Å². The first kappa shape index (κ1) is 17.5. The lowest BCUT2D eigenvalue weighted by Gasteiger charge is -2.15. The fourth-order valence-corrected chi connectivity index (χ4v) is 2.48. The highest BCUT2D eigenvalue weighted by atomic mass is 16.5. The van der Waals surface area contributed by atoms with E-state index in [4.69, 9.17) is 9.47 Å². The molecule has 1 heterocycles. The van der Waals surface area contributed by atoms with Crippen molar-refractivity contribution in [1.29, 1.82) is 0 Å². The second kappa shape index (κ2) is 7.74. The van der Waals surface area contributed by atoms with Crippen LogP contribution in [0, 0.1) is 0 Å². The first-order valence-corrected chi connectivity index (χ1v) is 8.33. The molecular weight excluding hydrogens is 330 g/mol. The van der Waals surface area contributed by atoms with E-state index in [2.05, 4.69) is 15.3 Å². The minimum Gasteiger partial charge on any atom is -0.497 e. The summed E-state index contributed by atoms with van der Waals surface area (Å²) in [6, 6.07) is 16.4. The fraction of sp³-hybridized carbons (Fsp3) is 0.200. The van der Waals surface area contributed by atoms with E-state index in [0.29, 0.717) is 17.4 Å². The molecule has 0 spiro atoms. The minimum absolute atomic E-state index is 0.0376. The van der Waals surface area contributed by atoms with Crippen molar-refractivity contribution in [2.24, 2.45) is 0 Å². The Labute approximate surface area is 151 Å². The number of nitrogens with zero attached hydrogens (tertiary/aromatic N) is 1. The van der Waals surface area contributed by atoms with Crippen LogP contribution in [0.15, 0.2) is 59.4 Å². The summed E-state index contributed by atoms with van der Waals surface area (Å²) in [6.45, 7) is 3.92. The van der Waals surface area contributed by atoms with Gasteiger partial charge in [-0.25, -0.2) is 4.98 Å². The van der Waals surface area contributed by atoms with Crippen LogP contribution in [0.5, 0.6) is 11.5 Å². The molecule has 0 amide bonds. The Morgan fingerprint density at radius 2 is 1.81 bits per heavy atom. The Morgan fingerprint density at radius 1 is 1.08 bits per heavy atom. The van der Waals surface area contributed by atoms with Crippen molar-refractivity contribution < 1.29 is 9.47 Å². The number of hydrogen-bond acceptors (Lipinski definition) is 5. The maximum absolute atomic E-state index is 12.1. The molecule has 0 fully saturated rings. The zero-order valence-corrected chi connectivity index (χ0v) is 14.9. The van der Waals surface area contributed by atoms with E-state index < -0.39 is 0 Å². The lowest BCUT2D eigenvalue weighted by atomic mass is 10.1. The van der Waals surface area contributed by atoms with Crippen LogP contribution in [0.25, 0.3) is 11.3 Å². The molecule has 2 N–H and O–H groups in total. The molecule has 0 bridgehead atoms. The summed E-state index contributed by atoms with van der Waals surface area (Å²) in [4.78, 5) is 19.3. The van der Waals surface area contributed by atoms with Crippen LogP contribution >= 0.6 is 0 Å². The number of aromatic amines is 1. The Balaban J connectivity index is 1.92. The van der Waals surface area contributed by atoms with Crippen molar-refractivity contribution in [3.63, 3.8) is 0 Å². The molecule has 0 radical (unpaired) electrons. The molecule has 0 aliphatic carbocycles. The lowest BCUT2D eigenvalue weighted by Crippen LogP contribution is -2.12. The van der Waals surface area contributed by atoms with E-state index in [9.17, 15) is 4.79 Å². The van der Waals surface area contributed by atoms with Crippen LogP contribution in [0.2, 0.25) is 0 Å². The highest BCUT2D eigenvalue weighted by Gasteiger charge is 2.09. The quantitative estimate of drug-likeness (QED) is 0.702. The SMILES string of the molecule is COc1ccc(-c2cc(=O)[nH]c(Nc3ccccc3OC(C)C)n2)cc1. The molecule has 3 aromatic rings. The van der Waals surface area contributed by atoms with Gasteiger partial charge in [-0.3, -0.25) is 9.78 Å². The van der Waals surface area contributed by atoms with Crippen LogP contribution in [0.1, 0.15) is 13.8 Å². The third-order valence-corrected chi connectivity index (χ3v) is 3.63. The lowest BCUT2D eigenvalue weighted by molar-refractivity contribution is 0.244. The van der Waals surface area contributed by atoms with Gasteiger partial charge in [-0.05, 0) is 50.2 Å². The Morgan fingerprint density at radius 3 is 2.50 bits per heavy atom. The van der Waals surface area contributed by atoms with Crippen molar-refractivity contribution in [3.8, 4) is 22.8 Å². The van der Waals surface area contributed by atoms with Gasteiger partial charge in [-0.15, -0.1) is 0 Å². The maximum Gasteiger partial charge on any atom is 0.252 e. The van der Waals surface area contributed by atoms with Gasteiger partial charge >= 0.3 is 0 Å². The zero-order valence-electron chi connectivity index (χ0n) is 14.9. The Kier molecular flexibility index (Phi) is 5.22. The summed E-state index contributed by atoms with van der Waals surface area (Å²) in [5, 5.41) is 3.14. The van der Waals surface area contributed by atoms with Gasteiger partial charge in [0.2, 0.25) is 5.95 Å². The first-order chi connectivity index (χ1) is 12.5. The van der Waals surface area contributed by atoms with Crippen LogP contribution in [-0.4, -0.2) is 23.2 Å². The van der Waals surface area contributed by atoms with Gasteiger partial charge in [0, 0.05) is 11.6 Å². The molecule has 0 saturated carbocycles. The summed E-state index contributed by atoms with van der Waals surface area (Å²) in [6.07, 6.45) is 0.0376. The van der Waals surface area contributed by atoms with E-state index in [1.807, 2.05) is 62.4 Å². The molecular formula is C20H21N3O3. The van der Waals surface area contributed by atoms with Crippen LogP contribution in [0.4, 0.5) is 11.6 Å². The number of rotatable bonds is 6. The van der Waals surface area contributed by atoms with E-state index in [1.165, 1.54) is 6.07 Å². The van der Waals surface area contributed by atoms with E-state index in [-0.39, 0.29) is 11.7 Å². The number of methoxy groups -OCH3 is 1. The summed E-state index contributed by atoms with van der Waals surface area (Å²) < 4.78 is 11.0. The normalized spacial score (nSPS) is 10.6. The van der Waals surface area contributed by atoms with Gasteiger partial charge in [-0.1, -0.05) is 12.1 Å². The van der Waals surface area contributed by atoms with Crippen molar-refractivity contribution in [2.75, 3.05) is 12.4 Å². The predicted molar refractivity (Wildman–Crippen MR) is 102 cm³/mol. The number of hydrogen-bond donors (Lipinski definition) is 2. The Bertz CT molecular complexity index is 934. The zero-order chi connectivity index (χ0) is 18.5. The topological polar surface area (TPSA) is 76.2 Å². The van der Waals surface area contributed by atoms with Gasteiger partial charge in [0.05, 0.1) is 24.6 Å². The van der Waals surface area contributed by atoms with Gasteiger partial charge < -0.3 is 14.8 Å². The molecule has 2 aromatic carbocycles. The molecule has 3 rings (SSSR count). The van der Waals surface area contributed by atoms with E-state index >= 15 is 0 Å². The number of anilines is 2. The van der Waals surface area contributed by atoms with Gasteiger partial charge in [0.1, 0.15) is 11.5 Å². The monoisotopic (exact) mass is 351 g/mol. The number of H-pyrrole nitrogens is 1. The molecule has 134 valence electrons. The summed E-state index contributed by atoms with van der Waals surface area (Å²) in [7, 11) is 1.61. The molecule has 0 aliphatic heterocycles. The number of benzene rings is 2. The predicted octanol–water partition coefficient (Wildman–Crippen LogP) is 3.98. The molecule has 1 aromatic heterocycles. The maximum atomic E-state index is 12.1. The standard InChI is InChI=1S/C20H21N3O3/c1-13(2)26-18-7-5-4-6-16(18)21-20-22-17(12-19(24)23-20)14-8-10-15(25-3)11-9-14/h4-13H,1-3H3,(H2,21,22,23,24). The summed E-state index contributed by atoms with van der Waals surface area (Å²) >= 11 is 0. The molecule has 6 heteroatoms. The van der Waals surface area contributed by atoms with Crippen molar-refractivity contribution in [3.05, 3.63) is 65.0 Å². The van der Waals surface area contributed by atoms with Crippen LogP contribution < -0.4 is 20.3 Å². The first-order valence-electron chi connectivity index (χ1n) is 8.33. The smallest absolute Gasteiger partial charge is 0.252 e. The largest absolute Gasteiger partial charge is 0.497 e. The molecule has 0 atom stereocenters. The average molecular weight is 351 g/mol.